The number of hydrogen-bond donors (Lipinski definition) is 2. The van der Waals surface area contributed by atoms with Gasteiger partial charge in [0.1, 0.15) is 11.6 Å². The summed E-state index contributed by atoms with van der Waals surface area (Å²) in [6.45, 7) is 14.0. The third-order valence-electron chi connectivity index (χ3n) is 5.08. The molecule has 0 bridgehead atoms. The van der Waals surface area contributed by atoms with Crippen LogP contribution >= 0.6 is 0 Å². The third-order valence-corrected chi connectivity index (χ3v) is 5.08. The van der Waals surface area contributed by atoms with Gasteiger partial charge < -0.3 is 24.8 Å². The van der Waals surface area contributed by atoms with Crippen LogP contribution < -0.4 is 10.6 Å². The molecule has 0 spiro atoms. The molecule has 0 radical (unpaired) electrons. The van der Waals surface area contributed by atoms with Crippen LogP contribution in [0.1, 0.15) is 73.1 Å². The molecule has 1 amide bonds. The van der Waals surface area contributed by atoms with E-state index in [9.17, 15) is 14.4 Å². The van der Waals surface area contributed by atoms with Crippen molar-refractivity contribution >= 4 is 17.5 Å². The topological polar surface area (TPSA) is 103 Å². The minimum Gasteiger partial charge on any atom is -0.379 e. The molecule has 0 heterocycles. The maximum absolute atomic E-state index is 11.7. The van der Waals surface area contributed by atoms with Crippen molar-refractivity contribution in [1.82, 2.24) is 10.6 Å². The molecule has 0 aromatic rings. The van der Waals surface area contributed by atoms with E-state index in [0.29, 0.717) is 64.9 Å². The monoisotopic (exact) mass is 458 g/mol. The second-order valence-corrected chi connectivity index (χ2v) is 8.97. The Morgan fingerprint density at radius 2 is 1.31 bits per heavy atom. The highest BCUT2D eigenvalue weighted by atomic mass is 16.5. The Hall–Kier alpha value is -1.35. The van der Waals surface area contributed by atoms with Gasteiger partial charge in [0.15, 0.2) is 0 Å². The Kier molecular flexibility index (Phi) is 18.3. The van der Waals surface area contributed by atoms with E-state index in [4.69, 9.17) is 14.2 Å². The molecule has 0 fully saturated rings. The van der Waals surface area contributed by atoms with E-state index in [1.165, 1.54) is 0 Å². The summed E-state index contributed by atoms with van der Waals surface area (Å²) in [4.78, 5) is 34.8. The van der Waals surface area contributed by atoms with Crippen LogP contribution in [-0.2, 0) is 28.6 Å². The Balaban J connectivity index is 3.33. The zero-order chi connectivity index (χ0) is 24.2. The lowest BCUT2D eigenvalue weighted by Gasteiger charge is -2.22. The number of ether oxygens (including phenoxy) is 3. The fraction of sp³-hybridized carbons (Fsp3) is 0.875. The summed E-state index contributed by atoms with van der Waals surface area (Å²) in [7, 11) is 0. The fourth-order valence-corrected chi connectivity index (χ4v) is 2.56. The zero-order valence-electron chi connectivity index (χ0n) is 20.9. The summed E-state index contributed by atoms with van der Waals surface area (Å²) in [5.41, 5.74) is -0.484. The number of rotatable bonds is 22. The van der Waals surface area contributed by atoms with Gasteiger partial charge in [-0.15, -0.1) is 0 Å². The van der Waals surface area contributed by atoms with Crippen molar-refractivity contribution in [2.24, 2.45) is 5.92 Å². The molecular weight excluding hydrogens is 412 g/mol. The van der Waals surface area contributed by atoms with E-state index in [0.717, 1.165) is 25.8 Å². The lowest BCUT2D eigenvalue weighted by molar-refractivity contribution is -0.125. The van der Waals surface area contributed by atoms with Crippen LogP contribution in [-0.4, -0.2) is 75.7 Å². The number of carbonyl (C=O) groups is 3. The number of amides is 1. The van der Waals surface area contributed by atoms with Gasteiger partial charge in [0.2, 0.25) is 5.91 Å². The molecule has 0 unspecified atom stereocenters. The average Bonchev–Trinajstić information content (AvgIpc) is 2.73. The number of carbonyl (C=O) groups excluding carboxylic acids is 3. The average molecular weight is 459 g/mol. The van der Waals surface area contributed by atoms with E-state index in [2.05, 4.69) is 24.5 Å². The standard InChI is InChI=1S/C24H46N2O6/c1-20(2)8-9-22(28)10-11-23(29)25-12-6-14-30-16-18-32-19-17-31-15-7-13-26-24(4,5)21(3)27/h20,26H,6-19H2,1-5H3,(H,25,29). The quantitative estimate of drug-likeness (QED) is 0.240. The molecular formula is C24H46N2O6. The van der Waals surface area contributed by atoms with Gasteiger partial charge in [-0.05, 0) is 52.5 Å². The summed E-state index contributed by atoms with van der Waals surface area (Å²) in [5, 5.41) is 6.02. The second kappa shape index (κ2) is 19.1. The molecule has 0 saturated carbocycles. The lowest BCUT2D eigenvalue weighted by Crippen LogP contribution is -2.46. The van der Waals surface area contributed by atoms with E-state index >= 15 is 0 Å². The van der Waals surface area contributed by atoms with Gasteiger partial charge in [-0.1, -0.05) is 13.8 Å². The Morgan fingerprint density at radius 3 is 1.84 bits per heavy atom. The molecule has 0 atom stereocenters. The van der Waals surface area contributed by atoms with E-state index in [1.54, 1.807) is 6.92 Å². The Labute approximate surface area is 194 Å². The predicted molar refractivity (Wildman–Crippen MR) is 126 cm³/mol. The smallest absolute Gasteiger partial charge is 0.220 e. The fourth-order valence-electron chi connectivity index (χ4n) is 2.56. The van der Waals surface area contributed by atoms with Crippen molar-refractivity contribution in [3.8, 4) is 0 Å². The van der Waals surface area contributed by atoms with E-state index in [-0.39, 0.29) is 23.9 Å². The first-order valence-corrected chi connectivity index (χ1v) is 11.9. The SMILES string of the molecule is CC(=O)C(C)(C)NCCCOCCOCCOCCCNC(=O)CCC(=O)CCC(C)C. The highest BCUT2D eigenvalue weighted by Crippen LogP contribution is 2.06. The van der Waals surface area contributed by atoms with Gasteiger partial charge in [-0.25, -0.2) is 0 Å². The molecule has 8 heteroatoms. The molecule has 32 heavy (non-hydrogen) atoms. The Morgan fingerprint density at radius 1 is 0.781 bits per heavy atom. The molecule has 0 aliphatic carbocycles. The van der Waals surface area contributed by atoms with Crippen molar-refractivity contribution in [3.05, 3.63) is 0 Å². The van der Waals surface area contributed by atoms with Crippen molar-refractivity contribution in [1.29, 1.82) is 0 Å². The van der Waals surface area contributed by atoms with Crippen LogP contribution in [0.25, 0.3) is 0 Å². The number of nitrogens with one attached hydrogen (secondary N) is 2. The minimum atomic E-state index is -0.484. The summed E-state index contributed by atoms with van der Waals surface area (Å²) in [5.74, 6) is 0.717. The number of ketones is 2. The Bertz CT molecular complexity index is 523. The van der Waals surface area contributed by atoms with Gasteiger partial charge in [0, 0.05) is 39.0 Å². The first-order chi connectivity index (χ1) is 15.1. The van der Waals surface area contributed by atoms with Crippen molar-refractivity contribution in [2.45, 2.75) is 78.7 Å². The van der Waals surface area contributed by atoms with Crippen molar-refractivity contribution in [3.63, 3.8) is 0 Å². The molecule has 0 aromatic carbocycles. The van der Waals surface area contributed by atoms with E-state index < -0.39 is 5.54 Å². The first-order valence-electron chi connectivity index (χ1n) is 11.9. The summed E-state index contributed by atoms with van der Waals surface area (Å²) in [6, 6.07) is 0. The summed E-state index contributed by atoms with van der Waals surface area (Å²) in [6.07, 6.45) is 3.60. The van der Waals surface area contributed by atoms with Crippen LogP contribution in [0.3, 0.4) is 0 Å². The zero-order valence-corrected chi connectivity index (χ0v) is 20.9. The summed E-state index contributed by atoms with van der Waals surface area (Å²) < 4.78 is 16.4. The maximum atomic E-state index is 11.7. The van der Waals surface area contributed by atoms with Crippen molar-refractivity contribution < 1.29 is 28.6 Å². The molecule has 0 saturated heterocycles. The van der Waals surface area contributed by atoms with Gasteiger partial charge in [0.25, 0.3) is 0 Å². The number of hydrogen-bond acceptors (Lipinski definition) is 7. The van der Waals surface area contributed by atoms with Crippen LogP contribution in [0.5, 0.6) is 0 Å². The van der Waals surface area contributed by atoms with Crippen LogP contribution in [0, 0.1) is 5.92 Å². The first kappa shape index (κ1) is 30.6. The molecule has 0 aromatic heterocycles. The van der Waals surface area contributed by atoms with Crippen LogP contribution in [0.2, 0.25) is 0 Å². The predicted octanol–water partition coefficient (Wildman–Crippen LogP) is 2.68. The number of Topliss-reactive ketones (excluding diaryl/α,β-unsaturated/α-hetero) is 2. The van der Waals surface area contributed by atoms with Gasteiger partial charge in [-0.2, -0.15) is 0 Å². The third kappa shape index (κ3) is 19.3. The molecule has 2 N–H and O–H groups in total. The molecule has 0 aliphatic rings. The second-order valence-electron chi connectivity index (χ2n) is 8.97. The molecule has 0 rings (SSSR count). The summed E-state index contributed by atoms with van der Waals surface area (Å²) >= 11 is 0. The van der Waals surface area contributed by atoms with Crippen molar-refractivity contribution in [2.75, 3.05) is 52.7 Å². The van der Waals surface area contributed by atoms with Gasteiger partial charge >= 0.3 is 0 Å². The highest BCUT2D eigenvalue weighted by Gasteiger charge is 2.21. The van der Waals surface area contributed by atoms with Gasteiger partial charge in [0.05, 0.1) is 32.0 Å². The maximum Gasteiger partial charge on any atom is 0.220 e. The molecule has 188 valence electrons. The normalized spacial score (nSPS) is 11.7. The van der Waals surface area contributed by atoms with E-state index in [1.807, 2.05) is 13.8 Å². The van der Waals surface area contributed by atoms with Crippen LogP contribution in [0.15, 0.2) is 0 Å². The largest absolute Gasteiger partial charge is 0.379 e. The van der Waals surface area contributed by atoms with Gasteiger partial charge in [-0.3, -0.25) is 14.4 Å². The highest BCUT2D eigenvalue weighted by molar-refractivity contribution is 5.85. The molecule has 8 nitrogen and oxygen atoms in total. The molecule has 0 aliphatic heterocycles. The minimum absolute atomic E-state index is 0.0791. The lowest BCUT2D eigenvalue weighted by atomic mass is 10.0. The van der Waals surface area contributed by atoms with Crippen LogP contribution in [0.4, 0.5) is 0 Å².